The molecule has 13 N–H and O–H groups in total. The van der Waals surface area contributed by atoms with E-state index in [9.17, 15) is 57.2 Å². The van der Waals surface area contributed by atoms with Crippen LogP contribution in [0.4, 0.5) is 121 Å². The molecular formula is C90H96F4N20O16. The largest absolute Gasteiger partial charge is 0.491 e. The molecule has 0 aliphatic carbocycles. The van der Waals surface area contributed by atoms with Crippen LogP contribution in [0.1, 0.15) is 14.9 Å². The quantitative estimate of drug-likeness (QED) is 0.00427. The number of H-pyrrole nitrogens is 1. The van der Waals surface area contributed by atoms with Crippen molar-refractivity contribution in [1.82, 2.24) is 39.4 Å². The van der Waals surface area contributed by atoms with Crippen LogP contribution in [0.5, 0.6) is 23.0 Å². The molecule has 4 heterocycles. The lowest BCUT2D eigenvalue weighted by Crippen LogP contribution is -2.25. The number of nitrogens with zero attached hydrogens (tertiary/aromatic N) is 10. The number of hydroxylamine groups is 1. The number of rotatable bonds is 38. The van der Waals surface area contributed by atoms with E-state index in [1.165, 1.54) is 12.1 Å². The van der Waals surface area contributed by atoms with Crippen molar-refractivity contribution in [3.8, 4) is 23.0 Å². The van der Waals surface area contributed by atoms with Crippen LogP contribution in [0.25, 0.3) is 0 Å². The smallest absolute Gasteiger partial charge is 0.290 e. The van der Waals surface area contributed by atoms with Crippen molar-refractivity contribution in [2.75, 3.05) is 134 Å². The third-order valence-electron chi connectivity index (χ3n) is 16.5. The summed E-state index contributed by atoms with van der Waals surface area (Å²) in [6.07, 6.45) is 7.21. The Morgan fingerprint density at radius 2 is 0.831 bits per heavy atom. The Bertz CT molecular complexity index is 5940. The number of hydrogen-bond donors (Lipinski definition) is 13. The highest BCUT2D eigenvalue weighted by atomic mass is 19.1. The molecule has 0 saturated carbocycles. The number of carbonyl (C=O) groups excluding carboxylic acids is 4. The van der Waals surface area contributed by atoms with Gasteiger partial charge in [0, 0.05) is 79.6 Å². The van der Waals surface area contributed by atoms with Crippen molar-refractivity contribution in [2.24, 2.45) is 9.98 Å². The Balaban J connectivity index is 0.000000236. The fraction of sp³-hybridized carbons (Fsp3) is 0.156. The maximum absolute atomic E-state index is 14.4. The Morgan fingerprint density at radius 1 is 0.438 bits per heavy atom. The molecule has 0 saturated heterocycles. The fourth-order valence-corrected chi connectivity index (χ4v) is 10.4. The number of nitrogens with one attached hydrogen (secondary N) is 10. The highest BCUT2D eigenvalue weighted by molar-refractivity contribution is 6.01. The zero-order chi connectivity index (χ0) is 91.7. The maximum atomic E-state index is 14.4. The lowest BCUT2D eigenvalue weighted by molar-refractivity contribution is -0.119. The Kier molecular flexibility index (Phi) is 40.4. The first-order chi connectivity index (χ1) is 61.9. The molecule has 0 fully saturated rings. The number of ether oxygens (including phenoxy) is 8. The van der Waals surface area contributed by atoms with Gasteiger partial charge in [0.25, 0.3) is 22.7 Å². The van der Waals surface area contributed by atoms with Crippen molar-refractivity contribution < 1.29 is 90.3 Å². The summed E-state index contributed by atoms with van der Waals surface area (Å²) in [6, 6.07) is 53.4. The van der Waals surface area contributed by atoms with E-state index in [2.05, 4.69) is 114 Å². The van der Waals surface area contributed by atoms with Crippen LogP contribution in [0.3, 0.4) is 0 Å². The van der Waals surface area contributed by atoms with Crippen molar-refractivity contribution >= 4 is 127 Å². The molecule has 0 radical (unpaired) electrons. The summed E-state index contributed by atoms with van der Waals surface area (Å²) >= 11 is 0. The van der Waals surface area contributed by atoms with Crippen LogP contribution < -0.4 is 88.7 Å². The third-order valence-corrected chi connectivity index (χ3v) is 16.5. The Morgan fingerprint density at radius 3 is 1.28 bits per heavy atom. The molecule has 680 valence electrons. The lowest BCUT2D eigenvalue weighted by Gasteiger charge is -2.15. The van der Waals surface area contributed by atoms with Crippen LogP contribution in [0, 0.1) is 23.3 Å². The van der Waals surface area contributed by atoms with Crippen LogP contribution in [0.2, 0.25) is 0 Å². The normalized spacial score (nSPS) is 10.6. The number of halogens is 4. The topological polar surface area (TPSA) is 446 Å². The van der Waals surface area contributed by atoms with Crippen LogP contribution in [-0.2, 0) is 38.1 Å². The maximum Gasteiger partial charge on any atom is 0.290 e. The summed E-state index contributed by atoms with van der Waals surface area (Å²) in [7, 11) is 6.37. The average Bonchev–Trinajstić information content (AvgIpc) is 0.819. The monoisotopic (exact) mass is 1790 g/mol. The summed E-state index contributed by atoms with van der Waals surface area (Å²) in [5.41, 5.74) is 4.35. The zero-order valence-electron chi connectivity index (χ0n) is 69.1. The van der Waals surface area contributed by atoms with E-state index < -0.39 is 34.7 Å². The van der Waals surface area contributed by atoms with E-state index in [-0.39, 0.29) is 84.7 Å². The number of aromatic nitrogens is 8. The van der Waals surface area contributed by atoms with Crippen molar-refractivity contribution in [3.63, 3.8) is 0 Å². The SMILES string of the molecule is C.C.C=CC(=O)N(O)c1cccc(Nc2nc(Nc3ccc(OCCOC)cc3)ncc2F)c1.C=CC(=O)Nc1cccc(Nc2c(F)cnc(=Nc3ccc(OCCOC)cc3)n2O)c1.C=CC(=O)Nc1cccc(Nc2nc(=Nc3ccc(OCCOC)cc3)n(O)cc2F)c1.C=CC(=O)Nc1cccc(Nc2nc(Nc3ccc(OCCOC)cc3)[nH]c(=O)c2F)c1. The van der Waals surface area contributed by atoms with E-state index in [0.29, 0.717) is 153 Å². The molecule has 36 nitrogen and oxygen atoms in total. The summed E-state index contributed by atoms with van der Waals surface area (Å²) < 4.78 is 100. The van der Waals surface area contributed by atoms with E-state index in [1.54, 1.807) is 210 Å². The minimum absolute atomic E-state index is 0. The van der Waals surface area contributed by atoms with Crippen molar-refractivity contribution in [1.29, 1.82) is 0 Å². The highest BCUT2D eigenvalue weighted by Gasteiger charge is 2.18. The van der Waals surface area contributed by atoms with Gasteiger partial charge in [-0.3, -0.25) is 34.2 Å². The Hall–Kier alpha value is -16.6. The number of hydrogen-bond acceptors (Lipinski definition) is 29. The van der Waals surface area contributed by atoms with E-state index in [1.807, 2.05) is 0 Å². The molecule has 4 amide bonds. The molecule has 12 rings (SSSR count). The molecule has 0 unspecified atom stereocenters. The van der Waals surface area contributed by atoms with Gasteiger partial charge < -0.3 is 96.2 Å². The third kappa shape index (κ3) is 32.2. The Labute approximate surface area is 743 Å². The summed E-state index contributed by atoms with van der Waals surface area (Å²) in [4.78, 5) is 89.0. The molecule has 4 aromatic heterocycles. The number of carbonyl (C=O) groups is 4. The fourth-order valence-electron chi connectivity index (χ4n) is 10.4. The van der Waals surface area contributed by atoms with Gasteiger partial charge in [-0.1, -0.05) is 65.4 Å². The van der Waals surface area contributed by atoms with Crippen molar-refractivity contribution in [2.45, 2.75) is 14.9 Å². The molecule has 0 atom stereocenters. The minimum atomic E-state index is -1.07. The first-order valence-corrected chi connectivity index (χ1v) is 38.2. The van der Waals surface area contributed by atoms with Crippen LogP contribution in [0.15, 0.2) is 278 Å². The molecule has 130 heavy (non-hydrogen) atoms. The standard InChI is InChI=1S/4C22H22FN5O4.2CH4/c1-3-20(29)24-16-5-4-6-17(13-16)25-21-19(23)14-28(30)22(27-21)26-15-7-9-18(10-8-15)32-12-11-31-2;1-3-20(29)28(30)17-6-4-5-16(13-17)25-21-19(23)14-24-22(27-21)26-15-7-9-18(10-8-15)32-12-11-31-2;1-3-20(29)25-16-5-4-6-17(13-16)26-21-19(23)14-24-22(28(21)30)27-15-7-9-18(10-8-15)32-12-11-31-2;1-3-18(29)24-15-5-4-6-16(13-15)25-20-19(23)21(30)28-22(27-20)26-14-7-9-17(10-8-14)32-12-11-31-2;;/h3-10,13-14,30H,1,11-12H2,2H3,(H,24,29)(H,25,26,27);3-10,13-14,30H,1,11-12H2,2H3,(H2,24,25,26,27);3-10,13-14,26,30H,1,11-12H2,2H3,(H,25,29);3-10,13H,1,11-12H2,2H3,(H,24,29)(H3,25,26,27,28,30);2*1H4. The number of methoxy groups -OCH3 is 4. The second-order valence-corrected chi connectivity index (χ2v) is 25.7. The van der Waals surface area contributed by atoms with Gasteiger partial charge in [0.1, 0.15) is 49.4 Å². The number of benzene rings is 8. The van der Waals surface area contributed by atoms with Gasteiger partial charge in [-0.2, -0.15) is 29.1 Å². The summed E-state index contributed by atoms with van der Waals surface area (Å²) in [6.45, 7) is 17.1. The number of amides is 4. The highest BCUT2D eigenvalue weighted by Crippen LogP contribution is 2.30. The van der Waals surface area contributed by atoms with E-state index >= 15 is 0 Å². The van der Waals surface area contributed by atoms with Crippen LogP contribution >= 0.6 is 0 Å². The van der Waals surface area contributed by atoms with E-state index in [0.717, 1.165) is 42.9 Å². The number of anilines is 16. The molecule has 0 spiro atoms. The molecular weight excluding hydrogens is 1690 g/mol. The predicted octanol–water partition coefficient (Wildman–Crippen LogP) is 15.6. The second kappa shape index (κ2) is 52.3. The van der Waals surface area contributed by atoms with E-state index in [4.69, 9.17) is 37.9 Å². The average molecular weight is 1790 g/mol. The predicted molar refractivity (Wildman–Crippen MR) is 486 cm³/mol. The summed E-state index contributed by atoms with van der Waals surface area (Å²) in [5.74, 6) is -3.14. The summed E-state index contributed by atoms with van der Waals surface area (Å²) in [5, 5.41) is 55.7. The van der Waals surface area contributed by atoms with Gasteiger partial charge in [0.05, 0.1) is 62.1 Å². The first kappa shape index (κ1) is 101. The van der Waals surface area contributed by atoms with Crippen LogP contribution in [-0.4, -0.2) is 160 Å². The molecule has 0 aliphatic rings. The molecule has 0 bridgehead atoms. The number of aromatic amines is 1. The second-order valence-electron chi connectivity index (χ2n) is 25.7. The van der Waals surface area contributed by atoms with Gasteiger partial charge in [-0.25, -0.2) is 33.1 Å². The van der Waals surface area contributed by atoms with Gasteiger partial charge in [-0.05, 0) is 194 Å². The lowest BCUT2D eigenvalue weighted by atomic mass is 10.2. The molecule has 0 aliphatic heterocycles. The van der Waals surface area contributed by atoms with Crippen molar-refractivity contribution in [3.05, 3.63) is 308 Å². The first-order valence-electron chi connectivity index (χ1n) is 38.2. The molecule has 8 aromatic carbocycles. The minimum Gasteiger partial charge on any atom is -0.491 e. The van der Waals surface area contributed by atoms with Gasteiger partial charge in [0.15, 0.2) is 40.7 Å². The van der Waals surface area contributed by atoms with Gasteiger partial charge in [0.2, 0.25) is 35.4 Å². The zero-order valence-corrected chi connectivity index (χ0v) is 69.1. The van der Waals surface area contributed by atoms with Gasteiger partial charge in [-0.15, -0.1) is 4.73 Å². The molecule has 40 heteroatoms. The molecule has 12 aromatic rings. The van der Waals surface area contributed by atoms with Gasteiger partial charge >= 0.3 is 0 Å².